The molecule has 0 aliphatic carbocycles. The van der Waals surface area contributed by atoms with Gasteiger partial charge in [0.2, 0.25) is 0 Å². The zero-order valence-corrected chi connectivity index (χ0v) is 21.0. The molecule has 3 rings (SSSR count). The molecule has 1 atom stereocenters. The van der Waals surface area contributed by atoms with E-state index in [-0.39, 0.29) is 22.7 Å². The summed E-state index contributed by atoms with van der Waals surface area (Å²) in [7, 11) is 0. The second-order valence-electron chi connectivity index (χ2n) is 10.5. The third kappa shape index (κ3) is 7.03. The van der Waals surface area contributed by atoms with Gasteiger partial charge in [0.1, 0.15) is 5.60 Å². The van der Waals surface area contributed by atoms with Crippen molar-refractivity contribution in [1.29, 1.82) is 0 Å². The summed E-state index contributed by atoms with van der Waals surface area (Å²) in [4.78, 5) is 28.5. The Labute approximate surface area is 202 Å². The predicted octanol–water partition coefficient (Wildman–Crippen LogP) is 5.80. The van der Waals surface area contributed by atoms with Crippen molar-refractivity contribution in [1.82, 2.24) is 9.80 Å². The zero-order chi connectivity index (χ0) is 24.9. The van der Waals surface area contributed by atoms with Gasteiger partial charge in [-0.2, -0.15) is 0 Å². The van der Waals surface area contributed by atoms with Crippen LogP contribution < -0.4 is 0 Å². The van der Waals surface area contributed by atoms with E-state index in [1.807, 2.05) is 57.2 Å². The number of rotatable bonds is 8. The Hall–Kier alpha value is -2.93. The van der Waals surface area contributed by atoms with E-state index in [0.29, 0.717) is 38.5 Å². The molecule has 0 saturated carbocycles. The van der Waals surface area contributed by atoms with Gasteiger partial charge in [0.05, 0.1) is 4.92 Å². The number of nitrogens with zero attached hydrogens (tertiary/aromatic N) is 3. The maximum absolute atomic E-state index is 13.0. The Morgan fingerprint density at radius 3 is 2.50 bits per heavy atom. The van der Waals surface area contributed by atoms with Gasteiger partial charge in [-0.15, -0.1) is 0 Å². The Bertz CT molecular complexity index is 985. The van der Waals surface area contributed by atoms with E-state index in [0.717, 1.165) is 23.1 Å². The van der Waals surface area contributed by atoms with Crippen molar-refractivity contribution >= 4 is 11.8 Å². The highest BCUT2D eigenvalue weighted by atomic mass is 16.6. The lowest BCUT2D eigenvalue weighted by Gasteiger charge is -2.39. The van der Waals surface area contributed by atoms with Crippen molar-refractivity contribution in [2.45, 2.75) is 72.2 Å². The van der Waals surface area contributed by atoms with Crippen molar-refractivity contribution in [3.8, 4) is 0 Å². The topological polar surface area (TPSA) is 75.9 Å². The molecular formula is C27H37N3O4. The predicted molar refractivity (Wildman–Crippen MR) is 134 cm³/mol. The number of amides is 1. The monoisotopic (exact) mass is 467 g/mol. The van der Waals surface area contributed by atoms with Crippen LogP contribution in [0.3, 0.4) is 0 Å². The first-order valence-electron chi connectivity index (χ1n) is 12.0. The van der Waals surface area contributed by atoms with E-state index in [2.05, 4.69) is 18.7 Å². The van der Waals surface area contributed by atoms with Crippen LogP contribution >= 0.6 is 0 Å². The van der Waals surface area contributed by atoms with Gasteiger partial charge in [-0.25, -0.2) is 4.79 Å². The normalized spacial score (nSPS) is 16.2. The fraction of sp³-hybridized carbons (Fsp3) is 0.519. The molecule has 2 aromatic carbocycles. The molecule has 0 fully saturated rings. The standard InChI is InChI=1S/C27H37N3O4/c1-20(2)16-23-17-24-22(12-9-13-25(24)30(32)33)19-28(23)14-15-29(26(31)34-27(3,4)5)18-21-10-7-6-8-11-21/h6-13,20,23H,14-19H2,1-5H3. The molecule has 0 bridgehead atoms. The number of nitro benzene ring substituents is 1. The fourth-order valence-electron chi connectivity index (χ4n) is 4.54. The highest BCUT2D eigenvalue weighted by Gasteiger charge is 2.32. The molecule has 1 aliphatic heterocycles. The summed E-state index contributed by atoms with van der Waals surface area (Å²) in [6.07, 6.45) is 1.26. The van der Waals surface area contributed by atoms with Gasteiger partial charge in [0.25, 0.3) is 5.69 Å². The van der Waals surface area contributed by atoms with Gasteiger partial charge < -0.3 is 9.64 Å². The molecule has 7 nitrogen and oxygen atoms in total. The van der Waals surface area contributed by atoms with E-state index in [1.54, 1.807) is 17.0 Å². The molecule has 1 heterocycles. The van der Waals surface area contributed by atoms with E-state index in [1.165, 1.54) is 0 Å². The van der Waals surface area contributed by atoms with Gasteiger partial charge in [-0.1, -0.05) is 56.3 Å². The second-order valence-corrected chi connectivity index (χ2v) is 10.5. The van der Waals surface area contributed by atoms with Crippen molar-refractivity contribution < 1.29 is 14.5 Å². The SMILES string of the molecule is CC(C)CC1Cc2c(cccc2[N+](=O)[O-])CN1CCN(Cc1ccccc1)C(=O)OC(C)(C)C. The summed E-state index contributed by atoms with van der Waals surface area (Å²) in [6, 6.07) is 15.4. The van der Waals surface area contributed by atoms with Crippen molar-refractivity contribution in [2.75, 3.05) is 13.1 Å². The van der Waals surface area contributed by atoms with Crippen LogP contribution in [0.5, 0.6) is 0 Å². The van der Waals surface area contributed by atoms with E-state index in [4.69, 9.17) is 4.74 Å². The van der Waals surface area contributed by atoms with Gasteiger partial charge >= 0.3 is 6.09 Å². The smallest absolute Gasteiger partial charge is 0.410 e. The number of carbonyl (C=O) groups is 1. The second kappa shape index (κ2) is 11.0. The minimum atomic E-state index is -0.574. The first-order valence-corrected chi connectivity index (χ1v) is 12.0. The lowest BCUT2D eigenvalue weighted by atomic mass is 9.88. The Morgan fingerprint density at radius 2 is 1.88 bits per heavy atom. The lowest BCUT2D eigenvalue weighted by molar-refractivity contribution is -0.385. The number of benzene rings is 2. The van der Waals surface area contributed by atoms with E-state index in [9.17, 15) is 14.9 Å². The van der Waals surface area contributed by atoms with Crippen LogP contribution in [0.25, 0.3) is 0 Å². The van der Waals surface area contributed by atoms with Crippen LogP contribution in [-0.2, 0) is 24.2 Å². The molecule has 0 saturated heterocycles. The van der Waals surface area contributed by atoms with E-state index >= 15 is 0 Å². The van der Waals surface area contributed by atoms with Crippen LogP contribution in [0, 0.1) is 16.0 Å². The van der Waals surface area contributed by atoms with Crippen molar-refractivity contribution in [3.63, 3.8) is 0 Å². The molecule has 0 spiro atoms. The molecule has 34 heavy (non-hydrogen) atoms. The minimum Gasteiger partial charge on any atom is -0.444 e. The van der Waals surface area contributed by atoms with Crippen LogP contribution in [-0.4, -0.2) is 45.5 Å². The van der Waals surface area contributed by atoms with Crippen LogP contribution in [0.1, 0.15) is 57.7 Å². The van der Waals surface area contributed by atoms with E-state index < -0.39 is 5.60 Å². The number of nitro groups is 1. The average Bonchev–Trinajstić information content (AvgIpc) is 2.75. The number of ether oxygens (including phenoxy) is 1. The molecule has 7 heteroatoms. The summed E-state index contributed by atoms with van der Waals surface area (Å²) in [5.74, 6) is 0.461. The average molecular weight is 468 g/mol. The largest absolute Gasteiger partial charge is 0.444 e. The molecule has 0 radical (unpaired) electrons. The molecule has 0 aromatic heterocycles. The first kappa shape index (κ1) is 25.7. The molecule has 1 unspecified atom stereocenters. The van der Waals surface area contributed by atoms with Gasteiger partial charge in [0.15, 0.2) is 0 Å². The highest BCUT2D eigenvalue weighted by Crippen LogP contribution is 2.32. The lowest BCUT2D eigenvalue weighted by Crippen LogP contribution is -2.46. The summed E-state index contributed by atoms with van der Waals surface area (Å²) in [6.45, 7) is 12.3. The van der Waals surface area contributed by atoms with Gasteiger partial charge in [0, 0.05) is 43.9 Å². The van der Waals surface area contributed by atoms with Gasteiger partial charge in [-0.3, -0.25) is 15.0 Å². The molecule has 0 N–H and O–H groups in total. The molecule has 2 aromatic rings. The highest BCUT2D eigenvalue weighted by molar-refractivity contribution is 5.68. The van der Waals surface area contributed by atoms with Crippen LogP contribution in [0.4, 0.5) is 10.5 Å². The maximum atomic E-state index is 13.0. The van der Waals surface area contributed by atoms with Gasteiger partial charge in [-0.05, 0) is 50.7 Å². The molecule has 1 amide bonds. The number of hydrogen-bond acceptors (Lipinski definition) is 5. The van der Waals surface area contributed by atoms with Crippen LogP contribution in [0.15, 0.2) is 48.5 Å². The third-order valence-electron chi connectivity index (χ3n) is 6.04. The Kier molecular flexibility index (Phi) is 8.31. The third-order valence-corrected chi connectivity index (χ3v) is 6.04. The maximum Gasteiger partial charge on any atom is 0.410 e. The van der Waals surface area contributed by atoms with Crippen molar-refractivity contribution in [2.24, 2.45) is 5.92 Å². The fourth-order valence-corrected chi connectivity index (χ4v) is 4.54. The first-order chi connectivity index (χ1) is 16.0. The molecule has 1 aliphatic rings. The quantitative estimate of drug-likeness (QED) is 0.362. The number of fused-ring (bicyclic) bond motifs is 1. The van der Waals surface area contributed by atoms with Crippen molar-refractivity contribution in [3.05, 3.63) is 75.3 Å². The summed E-state index contributed by atoms with van der Waals surface area (Å²) in [5, 5.41) is 11.6. The number of carbonyl (C=O) groups excluding carboxylic acids is 1. The zero-order valence-electron chi connectivity index (χ0n) is 21.0. The summed E-state index contributed by atoms with van der Waals surface area (Å²) < 4.78 is 5.70. The minimum absolute atomic E-state index is 0.186. The summed E-state index contributed by atoms with van der Waals surface area (Å²) >= 11 is 0. The summed E-state index contributed by atoms with van der Waals surface area (Å²) in [5.41, 5.74) is 2.54. The van der Waals surface area contributed by atoms with Crippen LogP contribution in [0.2, 0.25) is 0 Å². The molecular weight excluding hydrogens is 430 g/mol. The Balaban J connectivity index is 1.80. The molecule has 184 valence electrons. The Morgan fingerprint density at radius 1 is 1.18 bits per heavy atom. The number of hydrogen-bond donors (Lipinski definition) is 0.